The molecule has 1 aliphatic rings. The number of rotatable bonds is 4. The smallest absolute Gasteiger partial charge is 0.272 e. The fraction of sp³-hybridized carbons (Fsp3) is 0.700. The molecule has 112 valence electrons. The Morgan fingerprint density at radius 1 is 1.55 bits per heavy atom. The molecule has 1 saturated heterocycles. The van der Waals surface area contributed by atoms with Gasteiger partial charge in [-0.05, 0) is 18.8 Å². The zero-order chi connectivity index (χ0) is 14.8. The van der Waals surface area contributed by atoms with Crippen LogP contribution in [-0.4, -0.2) is 47.2 Å². The van der Waals surface area contributed by atoms with Gasteiger partial charge >= 0.3 is 0 Å². The predicted molar refractivity (Wildman–Crippen MR) is 79.5 cm³/mol. The first-order chi connectivity index (χ1) is 9.43. The second-order valence-corrected chi connectivity index (χ2v) is 8.32. The van der Waals surface area contributed by atoms with Gasteiger partial charge in [-0.1, -0.05) is 27.3 Å². The van der Waals surface area contributed by atoms with Crippen LogP contribution in [0.1, 0.15) is 19.8 Å². The van der Waals surface area contributed by atoms with Gasteiger partial charge in [0, 0.05) is 25.3 Å². The van der Waals surface area contributed by atoms with E-state index in [2.05, 4.69) is 31.4 Å². The molecule has 2 rings (SSSR count). The Balaban J connectivity index is 2.17. The molecule has 1 atom stereocenters. The van der Waals surface area contributed by atoms with Crippen LogP contribution in [-0.2, 0) is 14.8 Å². The van der Waals surface area contributed by atoms with E-state index in [1.54, 1.807) is 0 Å². The van der Waals surface area contributed by atoms with Crippen LogP contribution in [0.15, 0.2) is 4.34 Å². The first-order valence-electron chi connectivity index (χ1n) is 6.10. The van der Waals surface area contributed by atoms with Crippen molar-refractivity contribution in [2.75, 3.05) is 23.7 Å². The molecule has 1 aromatic heterocycles. The van der Waals surface area contributed by atoms with E-state index < -0.39 is 10.0 Å². The number of hydrogen-bond acceptors (Lipinski definition) is 6. The number of piperidine rings is 1. The second kappa shape index (κ2) is 6.46. The van der Waals surface area contributed by atoms with Crippen molar-refractivity contribution >= 4 is 48.3 Å². The van der Waals surface area contributed by atoms with Gasteiger partial charge < -0.3 is 5.32 Å². The van der Waals surface area contributed by atoms with Crippen molar-refractivity contribution in [3.63, 3.8) is 0 Å². The number of amides is 1. The van der Waals surface area contributed by atoms with Crippen LogP contribution in [0.4, 0.5) is 5.13 Å². The van der Waals surface area contributed by atoms with Crippen LogP contribution in [0.25, 0.3) is 0 Å². The maximum absolute atomic E-state index is 12.5. The van der Waals surface area contributed by atoms with Crippen LogP contribution in [0.5, 0.6) is 0 Å². The molecule has 0 radical (unpaired) electrons. The Hall–Kier alpha value is -0.580. The van der Waals surface area contributed by atoms with Gasteiger partial charge in [-0.3, -0.25) is 4.79 Å². The molecule has 2 heterocycles. The average molecular weight is 383 g/mol. The molecule has 0 bridgehead atoms. The maximum Gasteiger partial charge on any atom is 0.272 e. The third-order valence-electron chi connectivity index (χ3n) is 2.95. The van der Waals surface area contributed by atoms with Gasteiger partial charge in [-0.25, -0.2) is 8.42 Å². The normalized spacial score (nSPS) is 20.8. The summed E-state index contributed by atoms with van der Waals surface area (Å²) < 4.78 is 26.3. The van der Waals surface area contributed by atoms with Gasteiger partial charge in [-0.2, -0.15) is 4.31 Å². The highest BCUT2D eigenvalue weighted by atomic mass is 79.9. The largest absolute Gasteiger partial charge is 0.301 e. The molecule has 7 nitrogen and oxygen atoms in total. The third-order valence-corrected chi connectivity index (χ3v) is 6.92. The van der Waals surface area contributed by atoms with Crippen LogP contribution >= 0.6 is 27.3 Å². The number of carbonyl (C=O) groups excluding carboxylic acids is 1. The number of alkyl halides is 1. The number of hydrogen-bond donors (Lipinski definition) is 1. The lowest BCUT2D eigenvalue weighted by atomic mass is 10.0. The average Bonchev–Trinajstić information content (AvgIpc) is 2.87. The molecule has 0 aromatic carbocycles. The van der Waals surface area contributed by atoms with E-state index in [0.29, 0.717) is 19.0 Å². The van der Waals surface area contributed by atoms with Crippen molar-refractivity contribution < 1.29 is 13.2 Å². The van der Waals surface area contributed by atoms with E-state index >= 15 is 0 Å². The Labute approximate surface area is 129 Å². The summed E-state index contributed by atoms with van der Waals surface area (Å²) in [6.07, 6.45) is 1.86. The fourth-order valence-corrected chi connectivity index (χ4v) is 5.16. The maximum atomic E-state index is 12.5. The first-order valence-corrected chi connectivity index (χ1v) is 9.48. The van der Waals surface area contributed by atoms with E-state index in [0.717, 1.165) is 29.5 Å². The van der Waals surface area contributed by atoms with Crippen molar-refractivity contribution in [1.82, 2.24) is 14.5 Å². The van der Waals surface area contributed by atoms with Crippen molar-refractivity contribution in [2.45, 2.75) is 24.1 Å². The third kappa shape index (κ3) is 3.54. The monoisotopic (exact) mass is 382 g/mol. The highest BCUT2D eigenvalue weighted by Gasteiger charge is 2.32. The molecule has 0 saturated carbocycles. The number of nitrogens with one attached hydrogen (secondary N) is 1. The number of aromatic nitrogens is 2. The van der Waals surface area contributed by atoms with Crippen LogP contribution in [0.3, 0.4) is 0 Å². The molecule has 1 N–H and O–H groups in total. The molecule has 0 spiro atoms. The Morgan fingerprint density at radius 2 is 2.30 bits per heavy atom. The lowest BCUT2D eigenvalue weighted by molar-refractivity contribution is -0.114. The fourth-order valence-electron chi connectivity index (χ4n) is 2.00. The summed E-state index contributed by atoms with van der Waals surface area (Å²) >= 11 is 4.27. The Morgan fingerprint density at radius 3 is 2.95 bits per heavy atom. The molecular formula is C10H15BrN4O3S2. The molecule has 1 fully saturated rings. The van der Waals surface area contributed by atoms with E-state index in [1.807, 2.05) is 0 Å². The first kappa shape index (κ1) is 15.8. The minimum Gasteiger partial charge on any atom is -0.301 e. The standard InChI is InChI=1S/C10H15BrN4O3S2/c1-7(16)12-9-13-14-10(19-9)20(17,18)15-4-2-3-8(5-11)6-15/h8H,2-6H2,1H3,(H,12,13,16). The van der Waals surface area contributed by atoms with E-state index in [1.165, 1.54) is 11.2 Å². The van der Waals surface area contributed by atoms with Gasteiger partial charge in [0.05, 0.1) is 0 Å². The van der Waals surface area contributed by atoms with Gasteiger partial charge in [0.2, 0.25) is 15.4 Å². The summed E-state index contributed by atoms with van der Waals surface area (Å²) in [5.74, 6) is 0.0173. The number of sulfonamides is 1. The van der Waals surface area contributed by atoms with Crippen molar-refractivity contribution in [3.05, 3.63) is 0 Å². The van der Waals surface area contributed by atoms with Crippen molar-refractivity contribution in [3.8, 4) is 0 Å². The minimum atomic E-state index is -3.61. The number of halogens is 1. The molecular weight excluding hydrogens is 368 g/mol. The zero-order valence-corrected chi connectivity index (χ0v) is 14.1. The van der Waals surface area contributed by atoms with Gasteiger partial charge in [0.25, 0.3) is 10.0 Å². The summed E-state index contributed by atoms with van der Waals surface area (Å²) in [5.41, 5.74) is 0. The minimum absolute atomic E-state index is 0.0727. The van der Waals surface area contributed by atoms with Crippen LogP contribution in [0.2, 0.25) is 0 Å². The highest BCUT2D eigenvalue weighted by Crippen LogP contribution is 2.27. The summed E-state index contributed by atoms with van der Waals surface area (Å²) in [5, 5.41) is 10.8. The lowest BCUT2D eigenvalue weighted by Crippen LogP contribution is -2.40. The number of anilines is 1. The molecule has 1 amide bonds. The van der Waals surface area contributed by atoms with Gasteiger partial charge in [0.1, 0.15) is 0 Å². The second-order valence-electron chi connectivity index (χ2n) is 4.58. The predicted octanol–water partition coefficient (Wildman–Crippen LogP) is 1.29. The SMILES string of the molecule is CC(=O)Nc1nnc(S(=O)(=O)N2CCCC(CBr)C2)s1. The molecule has 10 heteroatoms. The van der Waals surface area contributed by atoms with E-state index in [4.69, 9.17) is 0 Å². The zero-order valence-electron chi connectivity index (χ0n) is 10.9. The van der Waals surface area contributed by atoms with Crippen molar-refractivity contribution in [1.29, 1.82) is 0 Å². The summed E-state index contributed by atoms with van der Waals surface area (Å²) in [4.78, 5) is 10.9. The summed E-state index contributed by atoms with van der Waals surface area (Å²) in [6.45, 7) is 2.32. The van der Waals surface area contributed by atoms with Crippen LogP contribution in [0, 0.1) is 5.92 Å². The molecule has 1 aromatic rings. The Bertz CT molecular complexity index is 589. The van der Waals surface area contributed by atoms with Gasteiger partial charge in [0.15, 0.2) is 0 Å². The lowest BCUT2D eigenvalue weighted by Gasteiger charge is -2.29. The van der Waals surface area contributed by atoms with Crippen molar-refractivity contribution in [2.24, 2.45) is 5.92 Å². The Kier molecular flexibility index (Phi) is 5.10. The van der Waals surface area contributed by atoms with E-state index in [-0.39, 0.29) is 15.4 Å². The molecule has 20 heavy (non-hydrogen) atoms. The summed E-state index contributed by atoms with van der Waals surface area (Å²) in [7, 11) is -3.61. The van der Waals surface area contributed by atoms with Gasteiger partial charge in [-0.15, -0.1) is 10.2 Å². The topological polar surface area (TPSA) is 92.3 Å². The van der Waals surface area contributed by atoms with Crippen LogP contribution < -0.4 is 5.32 Å². The van der Waals surface area contributed by atoms with E-state index in [9.17, 15) is 13.2 Å². The highest BCUT2D eigenvalue weighted by molar-refractivity contribution is 9.09. The molecule has 1 aliphatic heterocycles. The number of carbonyl (C=O) groups is 1. The number of nitrogens with zero attached hydrogens (tertiary/aromatic N) is 3. The molecule has 1 unspecified atom stereocenters. The quantitative estimate of drug-likeness (QED) is 0.625. The molecule has 0 aliphatic carbocycles. The summed E-state index contributed by atoms with van der Waals surface area (Å²) in [6, 6.07) is 0.